The van der Waals surface area contributed by atoms with Gasteiger partial charge in [-0.15, -0.1) is 12.4 Å². The lowest BCUT2D eigenvalue weighted by atomic mass is 10.0. The topological polar surface area (TPSA) is 35.2 Å². The van der Waals surface area contributed by atoms with Crippen LogP contribution in [0.3, 0.4) is 0 Å². The first kappa shape index (κ1) is 12.3. The maximum atomic E-state index is 12.9. The standard InChI is InChI=1S/C11H14FNO.ClH/c1-14-10-6-8(12)4-5-9(10)11(13)7-2-3-7;/h4-7,11H,2-3,13H2,1H3;1H/t11-;/m0./s1. The van der Waals surface area contributed by atoms with Crippen LogP contribution in [0.1, 0.15) is 24.4 Å². The molecule has 0 unspecified atom stereocenters. The zero-order valence-corrected chi connectivity index (χ0v) is 9.39. The number of halogens is 2. The summed E-state index contributed by atoms with van der Waals surface area (Å²) in [5.41, 5.74) is 6.94. The van der Waals surface area contributed by atoms with Crippen molar-refractivity contribution < 1.29 is 9.13 Å². The van der Waals surface area contributed by atoms with E-state index in [1.807, 2.05) is 0 Å². The molecule has 1 aromatic rings. The molecule has 1 aromatic carbocycles. The average molecular weight is 232 g/mol. The van der Waals surface area contributed by atoms with Crippen molar-refractivity contribution in [3.63, 3.8) is 0 Å². The van der Waals surface area contributed by atoms with Crippen LogP contribution < -0.4 is 10.5 Å². The summed E-state index contributed by atoms with van der Waals surface area (Å²) in [5, 5.41) is 0. The zero-order valence-electron chi connectivity index (χ0n) is 8.57. The first-order valence-corrected chi connectivity index (χ1v) is 4.81. The Morgan fingerprint density at radius 2 is 2.13 bits per heavy atom. The number of methoxy groups -OCH3 is 1. The Morgan fingerprint density at radius 1 is 1.47 bits per heavy atom. The molecule has 0 aromatic heterocycles. The van der Waals surface area contributed by atoms with Crippen LogP contribution in [0.25, 0.3) is 0 Å². The number of rotatable bonds is 3. The van der Waals surface area contributed by atoms with Crippen LogP contribution in [0.15, 0.2) is 18.2 Å². The van der Waals surface area contributed by atoms with Crippen LogP contribution in [0.5, 0.6) is 5.75 Å². The fourth-order valence-corrected chi connectivity index (χ4v) is 1.67. The van der Waals surface area contributed by atoms with Gasteiger partial charge in [-0.05, 0) is 24.8 Å². The van der Waals surface area contributed by atoms with Crippen molar-refractivity contribution >= 4 is 12.4 Å². The molecule has 1 fully saturated rings. The molecule has 0 radical (unpaired) electrons. The molecule has 0 aliphatic heterocycles. The molecule has 0 spiro atoms. The summed E-state index contributed by atoms with van der Waals surface area (Å²) in [7, 11) is 1.54. The summed E-state index contributed by atoms with van der Waals surface area (Å²) in [4.78, 5) is 0. The molecule has 4 heteroatoms. The van der Waals surface area contributed by atoms with Gasteiger partial charge in [-0.2, -0.15) is 0 Å². The molecule has 0 saturated heterocycles. The molecule has 1 atom stereocenters. The SMILES string of the molecule is COc1cc(F)ccc1[C@@H](N)C1CC1.Cl. The van der Waals surface area contributed by atoms with E-state index in [2.05, 4.69) is 0 Å². The number of ether oxygens (including phenoxy) is 1. The molecule has 2 rings (SSSR count). The van der Waals surface area contributed by atoms with E-state index in [1.165, 1.54) is 32.1 Å². The Morgan fingerprint density at radius 3 is 2.67 bits per heavy atom. The number of hydrogen-bond acceptors (Lipinski definition) is 2. The van der Waals surface area contributed by atoms with Gasteiger partial charge < -0.3 is 10.5 Å². The van der Waals surface area contributed by atoms with Crippen LogP contribution in [-0.4, -0.2) is 7.11 Å². The van der Waals surface area contributed by atoms with Crippen molar-refractivity contribution in [2.45, 2.75) is 18.9 Å². The number of nitrogens with two attached hydrogens (primary N) is 1. The highest BCUT2D eigenvalue weighted by Gasteiger charge is 2.31. The molecular weight excluding hydrogens is 217 g/mol. The predicted molar refractivity (Wildman–Crippen MR) is 59.9 cm³/mol. The number of benzene rings is 1. The molecule has 2 nitrogen and oxygen atoms in total. The third kappa shape index (κ3) is 2.61. The lowest BCUT2D eigenvalue weighted by molar-refractivity contribution is 0.399. The minimum absolute atomic E-state index is 0. The fourth-order valence-electron chi connectivity index (χ4n) is 1.67. The third-order valence-electron chi connectivity index (χ3n) is 2.68. The van der Waals surface area contributed by atoms with Gasteiger partial charge in [-0.25, -0.2) is 4.39 Å². The molecule has 0 bridgehead atoms. The highest BCUT2D eigenvalue weighted by atomic mass is 35.5. The van der Waals surface area contributed by atoms with Crippen molar-refractivity contribution in [1.82, 2.24) is 0 Å². The quantitative estimate of drug-likeness (QED) is 0.868. The monoisotopic (exact) mass is 231 g/mol. The minimum atomic E-state index is -0.284. The Balaban J connectivity index is 0.00000112. The lowest BCUT2D eigenvalue weighted by Crippen LogP contribution is -2.13. The van der Waals surface area contributed by atoms with E-state index in [0.717, 1.165) is 5.56 Å². The Kier molecular flexibility index (Phi) is 3.94. The highest BCUT2D eigenvalue weighted by Crippen LogP contribution is 2.42. The van der Waals surface area contributed by atoms with Crippen LogP contribution in [0.4, 0.5) is 4.39 Å². The van der Waals surface area contributed by atoms with E-state index in [0.29, 0.717) is 11.7 Å². The van der Waals surface area contributed by atoms with E-state index in [1.54, 1.807) is 6.07 Å². The van der Waals surface area contributed by atoms with Gasteiger partial charge in [0.2, 0.25) is 0 Å². The summed E-state index contributed by atoms with van der Waals surface area (Å²) >= 11 is 0. The van der Waals surface area contributed by atoms with E-state index in [4.69, 9.17) is 10.5 Å². The van der Waals surface area contributed by atoms with Gasteiger partial charge in [0.25, 0.3) is 0 Å². The maximum Gasteiger partial charge on any atom is 0.126 e. The molecule has 1 aliphatic rings. The molecule has 1 aliphatic carbocycles. The van der Waals surface area contributed by atoms with Gasteiger partial charge in [0.05, 0.1) is 7.11 Å². The molecule has 84 valence electrons. The molecular formula is C11H15ClFNO. The second-order valence-electron chi connectivity index (χ2n) is 3.75. The molecule has 0 heterocycles. The predicted octanol–water partition coefficient (Wildman–Crippen LogP) is 2.67. The van der Waals surface area contributed by atoms with Crippen LogP contribution >= 0.6 is 12.4 Å². The molecule has 15 heavy (non-hydrogen) atoms. The van der Waals surface area contributed by atoms with Gasteiger partial charge in [0.1, 0.15) is 11.6 Å². The first-order valence-electron chi connectivity index (χ1n) is 4.81. The Hall–Kier alpha value is -0.800. The largest absolute Gasteiger partial charge is 0.496 e. The zero-order chi connectivity index (χ0) is 10.1. The Bertz CT molecular complexity index is 341. The molecule has 1 saturated carbocycles. The normalized spacial score (nSPS) is 16.7. The van der Waals surface area contributed by atoms with Gasteiger partial charge in [-0.1, -0.05) is 6.07 Å². The fraction of sp³-hybridized carbons (Fsp3) is 0.455. The van der Waals surface area contributed by atoms with Crippen LogP contribution in [0.2, 0.25) is 0 Å². The smallest absolute Gasteiger partial charge is 0.126 e. The van der Waals surface area contributed by atoms with Gasteiger partial charge in [0, 0.05) is 17.7 Å². The molecule has 2 N–H and O–H groups in total. The summed E-state index contributed by atoms with van der Waals surface area (Å²) in [6, 6.07) is 4.53. The number of hydrogen-bond donors (Lipinski definition) is 1. The highest BCUT2D eigenvalue weighted by molar-refractivity contribution is 5.85. The van der Waals surface area contributed by atoms with Crippen molar-refractivity contribution in [1.29, 1.82) is 0 Å². The minimum Gasteiger partial charge on any atom is -0.496 e. The second-order valence-corrected chi connectivity index (χ2v) is 3.75. The van der Waals surface area contributed by atoms with Gasteiger partial charge in [-0.3, -0.25) is 0 Å². The van der Waals surface area contributed by atoms with Crippen molar-refractivity contribution in [2.24, 2.45) is 11.7 Å². The lowest BCUT2D eigenvalue weighted by Gasteiger charge is -2.14. The van der Waals surface area contributed by atoms with Crippen molar-refractivity contribution in [2.75, 3.05) is 7.11 Å². The summed E-state index contributed by atoms with van der Waals surface area (Å²) in [5.74, 6) is 0.826. The van der Waals surface area contributed by atoms with Crippen LogP contribution in [-0.2, 0) is 0 Å². The van der Waals surface area contributed by atoms with E-state index >= 15 is 0 Å². The molecule has 0 amide bonds. The second kappa shape index (κ2) is 4.81. The van der Waals surface area contributed by atoms with Crippen molar-refractivity contribution in [3.05, 3.63) is 29.6 Å². The average Bonchev–Trinajstić information content (AvgIpc) is 3.00. The summed E-state index contributed by atoms with van der Waals surface area (Å²) < 4.78 is 18.0. The maximum absolute atomic E-state index is 12.9. The Labute approximate surface area is 95.0 Å². The third-order valence-corrected chi connectivity index (χ3v) is 2.68. The van der Waals surface area contributed by atoms with E-state index in [-0.39, 0.29) is 24.3 Å². The van der Waals surface area contributed by atoms with Gasteiger partial charge in [0.15, 0.2) is 0 Å². The van der Waals surface area contributed by atoms with E-state index < -0.39 is 0 Å². The van der Waals surface area contributed by atoms with Gasteiger partial charge >= 0.3 is 0 Å². The summed E-state index contributed by atoms with van der Waals surface area (Å²) in [6.07, 6.45) is 2.34. The summed E-state index contributed by atoms with van der Waals surface area (Å²) in [6.45, 7) is 0. The van der Waals surface area contributed by atoms with E-state index in [9.17, 15) is 4.39 Å². The van der Waals surface area contributed by atoms with Crippen molar-refractivity contribution in [3.8, 4) is 5.75 Å². The first-order chi connectivity index (χ1) is 6.72. The van der Waals surface area contributed by atoms with Crippen LogP contribution in [0, 0.1) is 11.7 Å².